The highest BCUT2D eigenvalue weighted by molar-refractivity contribution is 6.03. The van der Waals surface area contributed by atoms with Crippen molar-refractivity contribution in [3.63, 3.8) is 0 Å². The van der Waals surface area contributed by atoms with E-state index in [9.17, 15) is 4.79 Å². The highest BCUT2D eigenvalue weighted by atomic mass is 16.5. The fourth-order valence-corrected chi connectivity index (χ4v) is 2.26. The number of pyridine rings is 1. The van der Waals surface area contributed by atoms with Gasteiger partial charge in [0.15, 0.2) is 5.82 Å². The van der Waals surface area contributed by atoms with Crippen molar-refractivity contribution in [3.05, 3.63) is 60.1 Å². The molecule has 7 nitrogen and oxygen atoms in total. The van der Waals surface area contributed by atoms with Crippen LogP contribution in [0.2, 0.25) is 0 Å². The number of aryl methyl sites for hydroxylation is 1. The highest BCUT2D eigenvalue weighted by Gasteiger charge is 2.09. The zero-order valence-corrected chi connectivity index (χ0v) is 14.8. The van der Waals surface area contributed by atoms with Crippen LogP contribution >= 0.6 is 0 Å². The Morgan fingerprint density at radius 2 is 1.85 bits per heavy atom. The van der Waals surface area contributed by atoms with E-state index in [0.29, 0.717) is 28.6 Å². The van der Waals surface area contributed by atoms with E-state index >= 15 is 0 Å². The zero-order chi connectivity index (χ0) is 18.5. The maximum Gasteiger partial charge on any atom is 0.274 e. The van der Waals surface area contributed by atoms with Crippen LogP contribution < -0.4 is 15.4 Å². The first-order valence-electron chi connectivity index (χ1n) is 8.24. The number of carbonyl (C=O) groups excluding carboxylic acids is 1. The van der Waals surface area contributed by atoms with Crippen molar-refractivity contribution >= 4 is 23.1 Å². The predicted octanol–water partition coefficient (Wildman–Crippen LogP) is 4.16. The topological polar surface area (TPSA) is 89.3 Å². The molecule has 0 saturated carbocycles. The summed E-state index contributed by atoms with van der Waals surface area (Å²) in [4.78, 5) is 16.5. The summed E-state index contributed by atoms with van der Waals surface area (Å²) in [5, 5.41) is 9.70. The minimum Gasteiger partial charge on any atom is -0.491 e. The number of benzene rings is 1. The molecule has 2 heterocycles. The minimum atomic E-state index is -0.286. The van der Waals surface area contributed by atoms with Gasteiger partial charge in [0.25, 0.3) is 5.91 Å². The molecule has 0 radical (unpaired) electrons. The van der Waals surface area contributed by atoms with Crippen LogP contribution in [0.1, 0.15) is 30.1 Å². The lowest BCUT2D eigenvalue weighted by Gasteiger charge is -2.10. The van der Waals surface area contributed by atoms with Crippen molar-refractivity contribution in [1.29, 1.82) is 0 Å². The molecule has 0 unspecified atom stereocenters. The van der Waals surface area contributed by atoms with Crippen LogP contribution in [-0.2, 0) is 0 Å². The number of hydrogen-bond acceptors (Lipinski definition) is 6. The second kappa shape index (κ2) is 7.69. The van der Waals surface area contributed by atoms with Gasteiger partial charge in [0.2, 0.25) is 0 Å². The summed E-state index contributed by atoms with van der Waals surface area (Å²) in [5.41, 5.74) is 1.70. The van der Waals surface area contributed by atoms with Crippen LogP contribution in [0.3, 0.4) is 0 Å². The lowest BCUT2D eigenvalue weighted by atomic mass is 10.2. The summed E-state index contributed by atoms with van der Waals surface area (Å²) >= 11 is 0. The van der Waals surface area contributed by atoms with Crippen LogP contribution in [0.25, 0.3) is 0 Å². The second-order valence-electron chi connectivity index (χ2n) is 6.03. The Morgan fingerprint density at radius 3 is 2.42 bits per heavy atom. The maximum atomic E-state index is 12.3. The molecule has 0 aliphatic heterocycles. The van der Waals surface area contributed by atoms with E-state index < -0.39 is 0 Å². The second-order valence-corrected chi connectivity index (χ2v) is 6.03. The monoisotopic (exact) mass is 352 g/mol. The number of ether oxygens (including phenoxy) is 1. The van der Waals surface area contributed by atoms with Crippen molar-refractivity contribution in [2.75, 3.05) is 10.6 Å². The van der Waals surface area contributed by atoms with Gasteiger partial charge in [0.1, 0.15) is 17.2 Å². The predicted molar refractivity (Wildman–Crippen MR) is 98.9 cm³/mol. The van der Waals surface area contributed by atoms with Crippen molar-refractivity contribution in [2.24, 2.45) is 0 Å². The fourth-order valence-electron chi connectivity index (χ4n) is 2.26. The summed E-state index contributed by atoms with van der Waals surface area (Å²) in [6.07, 6.45) is 1.67. The van der Waals surface area contributed by atoms with Crippen molar-refractivity contribution < 1.29 is 14.1 Å². The molecule has 0 aliphatic carbocycles. The van der Waals surface area contributed by atoms with Crippen molar-refractivity contribution in [1.82, 2.24) is 10.1 Å². The van der Waals surface area contributed by atoms with Crippen molar-refractivity contribution in [2.45, 2.75) is 26.9 Å². The standard InChI is InChI=1S/C19H20N4O3/c1-12(2)25-16-7-4-14(5-8-16)22-19(24)17-9-6-15(11-20-17)21-18-10-13(3)26-23-18/h4-12H,1-3H3,(H,21,23)(H,22,24). The third-order valence-electron chi connectivity index (χ3n) is 3.38. The van der Waals surface area contributed by atoms with E-state index in [2.05, 4.69) is 20.8 Å². The molecule has 134 valence electrons. The third kappa shape index (κ3) is 4.60. The SMILES string of the molecule is Cc1cc(Nc2ccc(C(=O)Nc3ccc(OC(C)C)cc3)nc2)no1. The number of rotatable bonds is 6. The van der Waals surface area contributed by atoms with Gasteiger partial charge in [-0.05, 0) is 57.2 Å². The van der Waals surface area contributed by atoms with Gasteiger partial charge in [-0.25, -0.2) is 4.98 Å². The van der Waals surface area contributed by atoms with Crippen LogP contribution in [0.15, 0.2) is 53.2 Å². The molecular formula is C19H20N4O3. The molecule has 26 heavy (non-hydrogen) atoms. The first kappa shape index (κ1) is 17.5. The highest BCUT2D eigenvalue weighted by Crippen LogP contribution is 2.18. The fraction of sp³-hybridized carbons (Fsp3) is 0.211. The number of nitrogens with zero attached hydrogens (tertiary/aromatic N) is 2. The Hall–Kier alpha value is -3.35. The first-order valence-corrected chi connectivity index (χ1v) is 8.24. The van der Waals surface area contributed by atoms with Crippen LogP contribution in [-0.4, -0.2) is 22.2 Å². The number of anilines is 3. The van der Waals surface area contributed by atoms with E-state index in [1.54, 1.807) is 36.5 Å². The average Bonchev–Trinajstić information content (AvgIpc) is 3.01. The largest absolute Gasteiger partial charge is 0.491 e. The Morgan fingerprint density at radius 1 is 1.12 bits per heavy atom. The Labute approximate surface area is 151 Å². The molecule has 2 N–H and O–H groups in total. The van der Waals surface area contributed by atoms with Crippen LogP contribution in [0.4, 0.5) is 17.2 Å². The van der Waals surface area contributed by atoms with Crippen molar-refractivity contribution in [3.8, 4) is 5.75 Å². The maximum absolute atomic E-state index is 12.3. The molecule has 0 fully saturated rings. The summed E-state index contributed by atoms with van der Waals surface area (Å²) in [7, 11) is 0. The van der Waals surface area contributed by atoms with Gasteiger partial charge in [-0.2, -0.15) is 0 Å². The van der Waals surface area contributed by atoms with Gasteiger partial charge in [-0.3, -0.25) is 4.79 Å². The molecule has 0 aliphatic rings. The Bertz CT molecular complexity index is 871. The summed E-state index contributed by atoms with van der Waals surface area (Å²) in [5.74, 6) is 1.77. The molecule has 0 saturated heterocycles. The lowest BCUT2D eigenvalue weighted by molar-refractivity contribution is 0.102. The smallest absolute Gasteiger partial charge is 0.274 e. The summed E-state index contributed by atoms with van der Waals surface area (Å²) in [6.45, 7) is 5.73. The molecule has 3 rings (SSSR count). The third-order valence-corrected chi connectivity index (χ3v) is 3.38. The van der Waals surface area contributed by atoms with Gasteiger partial charge < -0.3 is 19.9 Å². The van der Waals surface area contributed by atoms with Gasteiger partial charge in [0.05, 0.1) is 18.0 Å². The van der Waals surface area contributed by atoms with E-state index in [1.807, 2.05) is 32.9 Å². The van der Waals surface area contributed by atoms with E-state index in [-0.39, 0.29) is 12.0 Å². The molecule has 3 aromatic rings. The number of carbonyl (C=O) groups is 1. The molecule has 7 heteroatoms. The van der Waals surface area contributed by atoms with E-state index in [1.165, 1.54) is 0 Å². The molecule has 1 amide bonds. The first-order chi connectivity index (χ1) is 12.5. The minimum absolute atomic E-state index is 0.105. The Kier molecular flexibility index (Phi) is 5.17. The normalized spacial score (nSPS) is 10.6. The van der Waals surface area contributed by atoms with Crippen LogP contribution in [0, 0.1) is 6.92 Å². The summed E-state index contributed by atoms with van der Waals surface area (Å²) < 4.78 is 10.6. The lowest BCUT2D eigenvalue weighted by Crippen LogP contribution is -2.13. The molecule has 0 bridgehead atoms. The molecule has 0 atom stereocenters. The van der Waals surface area contributed by atoms with Gasteiger partial charge in [-0.15, -0.1) is 0 Å². The molecule has 2 aromatic heterocycles. The van der Waals surface area contributed by atoms with E-state index in [0.717, 1.165) is 5.75 Å². The van der Waals surface area contributed by atoms with Gasteiger partial charge in [-0.1, -0.05) is 5.16 Å². The molecule has 1 aromatic carbocycles. The Balaban J connectivity index is 1.60. The van der Waals surface area contributed by atoms with E-state index in [4.69, 9.17) is 9.26 Å². The van der Waals surface area contributed by atoms with Crippen LogP contribution in [0.5, 0.6) is 5.75 Å². The van der Waals surface area contributed by atoms with Gasteiger partial charge in [0, 0.05) is 11.8 Å². The average molecular weight is 352 g/mol. The number of amides is 1. The molecule has 0 spiro atoms. The quantitative estimate of drug-likeness (QED) is 0.692. The summed E-state index contributed by atoms with van der Waals surface area (Å²) in [6, 6.07) is 12.4. The van der Waals surface area contributed by atoms with Gasteiger partial charge >= 0.3 is 0 Å². The zero-order valence-electron chi connectivity index (χ0n) is 14.8. The number of aromatic nitrogens is 2. The molecular weight excluding hydrogens is 332 g/mol. The number of nitrogens with one attached hydrogen (secondary N) is 2. The number of hydrogen-bond donors (Lipinski definition) is 2.